The molecule has 1 fully saturated rings. The van der Waals surface area contributed by atoms with Crippen molar-refractivity contribution in [1.29, 1.82) is 0 Å². The smallest absolute Gasteiger partial charge is 0.0622 e. The van der Waals surface area contributed by atoms with Crippen molar-refractivity contribution in [2.24, 2.45) is 5.73 Å². The molecule has 3 heteroatoms. The Bertz CT molecular complexity index is 119. The lowest BCUT2D eigenvalue weighted by Crippen LogP contribution is -2.39. The highest BCUT2D eigenvalue weighted by atomic mass is 16.5. The molecule has 1 aliphatic heterocycles. The van der Waals surface area contributed by atoms with Gasteiger partial charge in [-0.05, 0) is 26.4 Å². The van der Waals surface area contributed by atoms with E-state index in [1.807, 2.05) is 0 Å². The third-order valence-electron chi connectivity index (χ3n) is 2.49. The number of rotatable bonds is 4. The maximum Gasteiger partial charge on any atom is 0.0622 e. The normalized spacial score (nSPS) is 26.0. The van der Waals surface area contributed by atoms with E-state index in [4.69, 9.17) is 10.5 Å². The number of ether oxygens (including phenoxy) is 1. The van der Waals surface area contributed by atoms with E-state index in [1.54, 1.807) is 0 Å². The molecule has 0 aliphatic carbocycles. The van der Waals surface area contributed by atoms with Crippen LogP contribution >= 0.6 is 0 Å². The Morgan fingerprint density at radius 2 is 2.33 bits per heavy atom. The van der Waals surface area contributed by atoms with Gasteiger partial charge in [0.25, 0.3) is 0 Å². The summed E-state index contributed by atoms with van der Waals surface area (Å²) < 4.78 is 5.43. The number of hydrogen-bond acceptors (Lipinski definition) is 3. The van der Waals surface area contributed by atoms with E-state index in [9.17, 15) is 0 Å². The number of nitrogens with zero attached hydrogens (tertiary/aromatic N) is 1. The monoisotopic (exact) mass is 172 g/mol. The van der Waals surface area contributed by atoms with E-state index in [2.05, 4.69) is 11.9 Å². The molecule has 0 aromatic carbocycles. The van der Waals surface area contributed by atoms with Crippen LogP contribution in [0.2, 0.25) is 0 Å². The molecule has 1 atom stereocenters. The molecule has 1 rings (SSSR count). The summed E-state index contributed by atoms with van der Waals surface area (Å²) in [6.07, 6.45) is 3.96. The summed E-state index contributed by atoms with van der Waals surface area (Å²) in [4.78, 5) is 2.39. The van der Waals surface area contributed by atoms with Gasteiger partial charge in [-0.15, -0.1) is 0 Å². The standard InChI is InChI=1S/C9H20N2O/c1-11-6-3-2-4-9(11)8-12-7-5-10/h9H,2-8,10H2,1H3/t9-/m1/s1. The van der Waals surface area contributed by atoms with Gasteiger partial charge in [0.05, 0.1) is 13.2 Å². The summed E-state index contributed by atoms with van der Waals surface area (Å²) in [5.41, 5.74) is 5.34. The van der Waals surface area contributed by atoms with Crippen LogP contribution in [0.3, 0.4) is 0 Å². The second-order valence-corrected chi connectivity index (χ2v) is 3.49. The largest absolute Gasteiger partial charge is 0.379 e. The van der Waals surface area contributed by atoms with Crippen molar-refractivity contribution >= 4 is 0 Å². The zero-order chi connectivity index (χ0) is 8.81. The van der Waals surface area contributed by atoms with Gasteiger partial charge in [-0.25, -0.2) is 0 Å². The highest BCUT2D eigenvalue weighted by Crippen LogP contribution is 2.14. The Kier molecular flexibility index (Phi) is 4.58. The van der Waals surface area contributed by atoms with Crippen molar-refractivity contribution in [3.8, 4) is 0 Å². The molecule has 0 amide bonds. The van der Waals surface area contributed by atoms with Crippen LogP contribution in [0.25, 0.3) is 0 Å². The maximum absolute atomic E-state index is 5.43. The molecular weight excluding hydrogens is 152 g/mol. The average molecular weight is 172 g/mol. The van der Waals surface area contributed by atoms with Crippen molar-refractivity contribution in [3.63, 3.8) is 0 Å². The van der Waals surface area contributed by atoms with Crippen molar-refractivity contribution in [3.05, 3.63) is 0 Å². The fourth-order valence-electron chi connectivity index (χ4n) is 1.66. The van der Waals surface area contributed by atoms with Crippen LogP contribution in [0.4, 0.5) is 0 Å². The van der Waals surface area contributed by atoms with Gasteiger partial charge in [0, 0.05) is 12.6 Å². The van der Waals surface area contributed by atoms with Crippen molar-refractivity contribution in [2.45, 2.75) is 25.3 Å². The molecule has 2 N–H and O–H groups in total. The summed E-state index contributed by atoms with van der Waals surface area (Å²) in [5, 5.41) is 0. The Morgan fingerprint density at radius 1 is 1.50 bits per heavy atom. The summed E-state index contributed by atoms with van der Waals surface area (Å²) in [5.74, 6) is 0. The van der Waals surface area contributed by atoms with Crippen LogP contribution in [0.5, 0.6) is 0 Å². The van der Waals surface area contributed by atoms with Crippen molar-refractivity contribution < 1.29 is 4.74 Å². The van der Waals surface area contributed by atoms with Crippen molar-refractivity contribution in [2.75, 3.05) is 33.4 Å². The molecule has 72 valence electrons. The van der Waals surface area contributed by atoms with Crippen LogP contribution in [0, 0.1) is 0 Å². The van der Waals surface area contributed by atoms with E-state index >= 15 is 0 Å². The molecule has 1 saturated heterocycles. The SMILES string of the molecule is CN1CCCC[C@@H]1COCCN. The lowest BCUT2D eigenvalue weighted by molar-refractivity contribution is 0.0567. The zero-order valence-corrected chi connectivity index (χ0v) is 7.96. The minimum absolute atomic E-state index is 0.630. The summed E-state index contributed by atoms with van der Waals surface area (Å²) in [7, 11) is 2.18. The minimum Gasteiger partial charge on any atom is -0.379 e. The van der Waals surface area contributed by atoms with E-state index in [-0.39, 0.29) is 0 Å². The first-order valence-electron chi connectivity index (χ1n) is 4.82. The van der Waals surface area contributed by atoms with Crippen molar-refractivity contribution in [1.82, 2.24) is 4.90 Å². The topological polar surface area (TPSA) is 38.5 Å². The molecule has 0 aromatic heterocycles. The molecule has 3 nitrogen and oxygen atoms in total. The second-order valence-electron chi connectivity index (χ2n) is 3.49. The molecule has 1 heterocycles. The van der Waals surface area contributed by atoms with E-state index in [1.165, 1.54) is 25.8 Å². The number of likely N-dealkylation sites (tertiary alicyclic amines) is 1. The fourth-order valence-corrected chi connectivity index (χ4v) is 1.66. The quantitative estimate of drug-likeness (QED) is 0.626. The van der Waals surface area contributed by atoms with Gasteiger partial charge in [0.2, 0.25) is 0 Å². The molecule has 0 saturated carbocycles. The van der Waals surface area contributed by atoms with Crippen LogP contribution in [0.1, 0.15) is 19.3 Å². The van der Waals surface area contributed by atoms with Crippen LogP contribution in [0.15, 0.2) is 0 Å². The Morgan fingerprint density at radius 3 is 3.00 bits per heavy atom. The third kappa shape index (κ3) is 3.09. The molecule has 1 aliphatic rings. The van der Waals surface area contributed by atoms with Gasteiger partial charge in [-0.1, -0.05) is 6.42 Å². The van der Waals surface area contributed by atoms with Gasteiger partial charge in [0.15, 0.2) is 0 Å². The summed E-state index contributed by atoms with van der Waals surface area (Å²) in [6, 6.07) is 0.630. The molecule has 12 heavy (non-hydrogen) atoms. The minimum atomic E-state index is 0.630. The van der Waals surface area contributed by atoms with Gasteiger partial charge in [-0.3, -0.25) is 0 Å². The fraction of sp³-hybridized carbons (Fsp3) is 1.00. The number of likely N-dealkylation sites (N-methyl/N-ethyl adjacent to an activating group) is 1. The summed E-state index contributed by atoms with van der Waals surface area (Å²) >= 11 is 0. The molecule has 0 aromatic rings. The van der Waals surface area contributed by atoms with E-state index in [0.717, 1.165) is 6.61 Å². The molecular formula is C9H20N2O. The average Bonchev–Trinajstić information content (AvgIpc) is 2.09. The molecule has 0 spiro atoms. The third-order valence-corrected chi connectivity index (χ3v) is 2.49. The molecule has 0 unspecified atom stereocenters. The van der Waals surface area contributed by atoms with Gasteiger partial charge >= 0.3 is 0 Å². The first-order valence-corrected chi connectivity index (χ1v) is 4.82. The predicted octanol–water partition coefficient (Wildman–Crippen LogP) is 0.446. The first kappa shape index (κ1) is 9.96. The lowest BCUT2D eigenvalue weighted by atomic mass is 10.0. The van der Waals surface area contributed by atoms with Crippen LogP contribution < -0.4 is 5.73 Å². The Balaban J connectivity index is 2.11. The number of nitrogens with two attached hydrogens (primary N) is 1. The van der Waals surface area contributed by atoms with Gasteiger partial charge in [-0.2, -0.15) is 0 Å². The van der Waals surface area contributed by atoms with Crippen LogP contribution in [-0.2, 0) is 4.74 Å². The van der Waals surface area contributed by atoms with Crippen LogP contribution in [-0.4, -0.2) is 44.3 Å². The Hall–Kier alpha value is -0.120. The Labute approximate surface area is 74.9 Å². The van der Waals surface area contributed by atoms with Gasteiger partial charge < -0.3 is 15.4 Å². The lowest BCUT2D eigenvalue weighted by Gasteiger charge is -2.32. The zero-order valence-electron chi connectivity index (χ0n) is 7.96. The maximum atomic E-state index is 5.43. The highest BCUT2D eigenvalue weighted by molar-refractivity contribution is 4.73. The predicted molar refractivity (Wildman–Crippen MR) is 50.1 cm³/mol. The number of hydrogen-bond donors (Lipinski definition) is 1. The number of piperidine rings is 1. The highest BCUT2D eigenvalue weighted by Gasteiger charge is 2.18. The summed E-state index contributed by atoms with van der Waals surface area (Å²) in [6.45, 7) is 3.41. The molecule has 0 bridgehead atoms. The first-order chi connectivity index (χ1) is 5.84. The van der Waals surface area contributed by atoms with E-state index < -0.39 is 0 Å². The second kappa shape index (κ2) is 5.51. The molecule has 0 radical (unpaired) electrons. The van der Waals surface area contributed by atoms with E-state index in [0.29, 0.717) is 19.2 Å². The van der Waals surface area contributed by atoms with Gasteiger partial charge in [0.1, 0.15) is 0 Å².